The predicted molar refractivity (Wildman–Crippen MR) is 106 cm³/mol. The Morgan fingerprint density at radius 3 is 2.89 bits per heavy atom. The Bertz CT molecular complexity index is 840. The Kier molecular flexibility index (Phi) is 5.67. The summed E-state index contributed by atoms with van der Waals surface area (Å²) in [5.74, 6) is 0.478. The maximum Gasteiger partial charge on any atom is 0.253 e. The van der Waals surface area contributed by atoms with Gasteiger partial charge in [-0.05, 0) is 36.1 Å². The zero-order chi connectivity index (χ0) is 19.3. The van der Waals surface area contributed by atoms with Crippen LogP contribution in [0.25, 0.3) is 0 Å². The second kappa shape index (κ2) is 8.52. The summed E-state index contributed by atoms with van der Waals surface area (Å²) < 4.78 is 5.62. The van der Waals surface area contributed by atoms with Crippen LogP contribution >= 0.6 is 0 Å². The van der Waals surface area contributed by atoms with Crippen LogP contribution in [0.3, 0.4) is 0 Å². The van der Waals surface area contributed by atoms with Crippen molar-refractivity contribution in [3.05, 3.63) is 59.9 Å². The lowest BCUT2D eigenvalue weighted by atomic mass is 9.98. The quantitative estimate of drug-likeness (QED) is 0.742. The van der Waals surface area contributed by atoms with Gasteiger partial charge in [0.25, 0.3) is 5.91 Å². The number of fused-ring (bicyclic) bond motifs is 1. The highest BCUT2D eigenvalue weighted by Crippen LogP contribution is 2.38. The van der Waals surface area contributed by atoms with Gasteiger partial charge in [-0.15, -0.1) is 0 Å². The first-order valence-corrected chi connectivity index (χ1v) is 9.86. The molecule has 28 heavy (non-hydrogen) atoms. The fourth-order valence-electron chi connectivity index (χ4n) is 4.05. The van der Waals surface area contributed by atoms with Crippen molar-refractivity contribution < 1.29 is 14.3 Å². The van der Waals surface area contributed by atoms with Gasteiger partial charge in [-0.1, -0.05) is 24.3 Å². The van der Waals surface area contributed by atoms with Crippen LogP contribution < -0.4 is 4.90 Å². The number of nitrogens with zero attached hydrogens (tertiary/aromatic N) is 3. The molecule has 4 rings (SSSR count). The Morgan fingerprint density at radius 1 is 1.21 bits per heavy atom. The van der Waals surface area contributed by atoms with Crippen LogP contribution in [0.2, 0.25) is 0 Å². The zero-order valence-electron chi connectivity index (χ0n) is 15.9. The molecule has 146 valence electrons. The summed E-state index contributed by atoms with van der Waals surface area (Å²) in [6.45, 7) is 2.68. The number of hydrogen-bond acceptors (Lipinski definition) is 4. The maximum absolute atomic E-state index is 12.8. The Balaban J connectivity index is 1.36. The number of carbonyl (C=O) groups excluding carboxylic acids is 2. The number of anilines is 1. The van der Waals surface area contributed by atoms with Crippen LogP contribution in [0, 0.1) is 0 Å². The number of hydrogen-bond donors (Lipinski definition) is 0. The van der Waals surface area contributed by atoms with E-state index in [-0.39, 0.29) is 24.3 Å². The van der Waals surface area contributed by atoms with Crippen molar-refractivity contribution in [1.29, 1.82) is 0 Å². The molecule has 0 aliphatic carbocycles. The van der Waals surface area contributed by atoms with Gasteiger partial charge in [-0.3, -0.25) is 14.6 Å². The average molecular weight is 379 g/mol. The minimum atomic E-state index is -0.0314. The van der Waals surface area contributed by atoms with Gasteiger partial charge in [-0.2, -0.15) is 0 Å². The standard InChI is InChI=1S/C22H25N3O3/c26-21-8-4-11-24(21)12-9-18-14-25(20-7-2-1-6-19(18)20)22(27)16-28-15-17-5-3-10-23-13-17/h1-3,5-7,10,13,18H,4,8-9,11-12,14-16H2. The number of benzene rings is 1. The van der Waals surface area contributed by atoms with Gasteiger partial charge in [0.05, 0.1) is 6.61 Å². The van der Waals surface area contributed by atoms with Crippen LogP contribution in [0.5, 0.6) is 0 Å². The van der Waals surface area contributed by atoms with E-state index in [0.29, 0.717) is 19.6 Å². The van der Waals surface area contributed by atoms with Crippen molar-refractivity contribution >= 4 is 17.5 Å². The van der Waals surface area contributed by atoms with Gasteiger partial charge in [-0.25, -0.2) is 0 Å². The lowest BCUT2D eigenvalue weighted by Gasteiger charge is -2.20. The van der Waals surface area contributed by atoms with Crippen molar-refractivity contribution in [3.8, 4) is 0 Å². The third-order valence-electron chi connectivity index (χ3n) is 5.51. The third kappa shape index (κ3) is 4.07. The molecule has 0 spiro atoms. The summed E-state index contributed by atoms with van der Waals surface area (Å²) in [7, 11) is 0. The molecule has 0 saturated carbocycles. The molecule has 1 atom stereocenters. The molecule has 2 aliphatic heterocycles. The SMILES string of the molecule is O=C1CCCN1CCC1CN(C(=O)COCc2cccnc2)c2ccccc21. The number of carbonyl (C=O) groups is 2. The summed E-state index contributed by atoms with van der Waals surface area (Å²) in [5, 5.41) is 0. The number of aromatic nitrogens is 1. The van der Waals surface area contributed by atoms with E-state index in [1.54, 1.807) is 12.4 Å². The molecule has 6 heteroatoms. The van der Waals surface area contributed by atoms with Crippen molar-refractivity contribution in [3.63, 3.8) is 0 Å². The monoisotopic (exact) mass is 379 g/mol. The molecule has 6 nitrogen and oxygen atoms in total. The van der Waals surface area contributed by atoms with Crippen molar-refractivity contribution in [1.82, 2.24) is 9.88 Å². The average Bonchev–Trinajstić information content (AvgIpc) is 3.30. The number of pyridine rings is 1. The first-order valence-electron chi connectivity index (χ1n) is 9.86. The predicted octanol–water partition coefficient (Wildman–Crippen LogP) is 2.74. The molecule has 0 bridgehead atoms. The largest absolute Gasteiger partial charge is 0.367 e. The highest BCUT2D eigenvalue weighted by molar-refractivity contribution is 5.96. The second-order valence-corrected chi connectivity index (χ2v) is 7.39. The zero-order valence-corrected chi connectivity index (χ0v) is 15.9. The summed E-state index contributed by atoms with van der Waals surface area (Å²) >= 11 is 0. The summed E-state index contributed by atoms with van der Waals surface area (Å²) in [4.78, 5) is 32.5. The molecule has 1 fully saturated rings. The van der Waals surface area contributed by atoms with Gasteiger partial charge < -0.3 is 14.5 Å². The van der Waals surface area contributed by atoms with E-state index < -0.39 is 0 Å². The molecule has 2 amide bonds. The van der Waals surface area contributed by atoms with E-state index in [1.807, 2.05) is 40.1 Å². The van der Waals surface area contributed by atoms with E-state index in [9.17, 15) is 9.59 Å². The fourth-order valence-corrected chi connectivity index (χ4v) is 4.05. The topological polar surface area (TPSA) is 62.7 Å². The van der Waals surface area contributed by atoms with Gasteiger partial charge in [0.2, 0.25) is 5.91 Å². The highest BCUT2D eigenvalue weighted by Gasteiger charge is 2.32. The molecule has 1 aromatic carbocycles. The summed E-state index contributed by atoms with van der Waals surface area (Å²) in [6.07, 6.45) is 5.96. The molecule has 0 radical (unpaired) electrons. The van der Waals surface area contributed by atoms with E-state index >= 15 is 0 Å². The van der Waals surface area contributed by atoms with Crippen LogP contribution in [0.1, 0.15) is 36.3 Å². The highest BCUT2D eigenvalue weighted by atomic mass is 16.5. The third-order valence-corrected chi connectivity index (χ3v) is 5.51. The molecule has 1 saturated heterocycles. The van der Waals surface area contributed by atoms with Gasteiger partial charge in [0, 0.05) is 50.1 Å². The number of para-hydroxylation sites is 1. The normalized spacial score (nSPS) is 18.6. The minimum Gasteiger partial charge on any atom is -0.367 e. The molecule has 3 heterocycles. The van der Waals surface area contributed by atoms with E-state index in [2.05, 4.69) is 11.1 Å². The Morgan fingerprint density at radius 2 is 2.11 bits per heavy atom. The lowest BCUT2D eigenvalue weighted by molar-refractivity contribution is -0.128. The van der Waals surface area contributed by atoms with Gasteiger partial charge in [0.15, 0.2) is 0 Å². The number of rotatable bonds is 7. The van der Waals surface area contributed by atoms with E-state index in [0.717, 1.165) is 37.2 Å². The van der Waals surface area contributed by atoms with Crippen molar-refractivity contribution in [2.45, 2.75) is 31.8 Å². The Hall–Kier alpha value is -2.73. The van der Waals surface area contributed by atoms with Crippen LogP contribution in [0.15, 0.2) is 48.8 Å². The maximum atomic E-state index is 12.8. The molecular weight excluding hydrogens is 354 g/mol. The second-order valence-electron chi connectivity index (χ2n) is 7.39. The van der Waals surface area contributed by atoms with Crippen molar-refractivity contribution in [2.24, 2.45) is 0 Å². The number of ether oxygens (including phenoxy) is 1. The first-order chi connectivity index (χ1) is 13.7. The van der Waals surface area contributed by atoms with Crippen LogP contribution in [-0.4, -0.2) is 47.9 Å². The van der Waals surface area contributed by atoms with E-state index in [4.69, 9.17) is 4.74 Å². The summed E-state index contributed by atoms with van der Waals surface area (Å²) in [6, 6.07) is 11.8. The molecule has 0 N–H and O–H groups in total. The Labute approximate surface area is 165 Å². The summed E-state index contributed by atoms with van der Waals surface area (Å²) in [5.41, 5.74) is 3.11. The molecule has 2 aliphatic rings. The van der Waals surface area contributed by atoms with Gasteiger partial charge in [0.1, 0.15) is 6.61 Å². The van der Waals surface area contributed by atoms with Crippen molar-refractivity contribution in [2.75, 3.05) is 31.1 Å². The van der Waals surface area contributed by atoms with Crippen LogP contribution in [-0.2, 0) is 20.9 Å². The molecular formula is C22H25N3O3. The van der Waals surface area contributed by atoms with E-state index in [1.165, 1.54) is 5.56 Å². The molecule has 2 aromatic rings. The van der Waals surface area contributed by atoms with Gasteiger partial charge >= 0.3 is 0 Å². The number of likely N-dealkylation sites (tertiary alicyclic amines) is 1. The first kappa shape index (κ1) is 18.6. The lowest BCUT2D eigenvalue weighted by Crippen LogP contribution is -2.34. The molecule has 1 aromatic heterocycles. The smallest absolute Gasteiger partial charge is 0.253 e. The minimum absolute atomic E-state index is 0.0314. The molecule has 1 unspecified atom stereocenters. The number of amides is 2. The van der Waals surface area contributed by atoms with Crippen LogP contribution in [0.4, 0.5) is 5.69 Å². The fraction of sp³-hybridized carbons (Fsp3) is 0.409.